The van der Waals surface area contributed by atoms with Crippen LogP contribution in [-0.2, 0) is 20.7 Å². The standard InChI is InChI=1S/C21H23NO4/c1-13(2)12-16-21-10-8-15(26-21)17(20(24)25)18(21)19(23)22(16)11-9-14-6-4-3-5-7-14/h3-8,10,15-18H,1,9,11-12H2,2H3,(H,24,25)/t15-,16+,17+,18-,21+/m1/s1. The van der Waals surface area contributed by atoms with Gasteiger partial charge in [-0.15, -0.1) is 6.58 Å². The van der Waals surface area contributed by atoms with Gasteiger partial charge in [0, 0.05) is 6.54 Å². The fourth-order valence-electron chi connectivity index (χ4n) is 4.76. The van der Waals surface area contributed by atoms with Gasteiger partial charge >= 0.3 is 5.97 Å². The van der Waals surface area contributed by atoms with Crippen LogP contribution in [0.2, 0.25) is 0 Å². The summed E-state index contributed by atoms with van der Waals surface area (Å²) in [6.45, 7) is 6.49. The second-order valence-electron chi connectivity index (χ2n) is 7.58. The minimum absolute atomic E-state index is 0.105. The Morgan fingerprint density at radius 2 is 2.08 bits per heavy atom. The van der Waals surface area contributed by atoms with E-state index in [-0.39, 0.29) is 11.9 Å². The average Bonchev–Trinajstić information content (AvgIpc) is 3.24. The zero-order chi connectivity index (χ0) is 18.5. The van der Waals surface area contributed by atoms with Gasteiger partial charge < -0.3 is 14.7 Å². The Morgan fingerprint density at radius 1 is 1.35 bits per heavy atom. The number of ether oxygens (including phenoxy) is 1. The van der Waals surface area contributed by atoms with Crippen LogP contribution in [0.1, 0.15) is 18.9 Å². The topological polar surface area (TPSA) is 66.8 Å². The third-order valence-electron chi connectivity index (χ3n) is 5.84. The first-order chi connectivity index (χ1) is 12.4. The maximum absolute atomic E-state index is 13.2. The number of likely N-dealkylation sites (tertiary alicyclic amines) is 1. The summed E-state index contributed by atoms with van der Waals surface area (Å²) in [5, 5.41) is 9.66. The van der Waals surface area contributed by atoms with Gasteiger partial charge in [-0.25, -0.2) is 0 Å². The van der Waals surface area contributed by atoms with Crippen LogP contribution in [0, 0.1) is 11.8 Å². The second-order valence-corrected chi connectivity index (χ2v) is 7.58. The number of carbonyl (C=O) groups is 2. The summed E-state index contributed by atoms with van der Waals surface area (Å²) < 4.78 is 6.13. The van der Waals surface area contributed by atoms with Crippen molar-refractivity contribution >= 4 is 11.9 Å². The van der Waals surface area contributed by atoms with E-state index in [1.54, 1.807) is 0 Å². The molecule has 5 heteroatoms. The summed E-state index contributed by atoms with van der Waals surface area (Å²) in [7, 11) is 0. The summed E-state index contributed by atoms with van der Waals surface area (Å²) in [5.74, 6) is -2.51. The molecule has 4 rings (SSSR count). The lowest BCUT2D eigenvalue weighted by atomic mass is 9.74. The van der Waals surface area contributed by atoms with Crippen molar-refractivity contribution in [3.63, 3.8) is 0 Å². The summed E-state index contributed by atoms with van der Waals surface area (Å²) in [5.41, 5.74) is 1.28. The van der Waals surface area contributed by atoms with Crippen LogP contribution in [0.4, 0.5) is 0 Å². The number of hydrogen-bond acceptors (Lipinski definition) is 3. The van der Waals surface area contributed by atoms with Crippen molar-refractivity contribution in [2.45, 2.75) is 37.5 Å². The van der Waals surface area contributed by atoms with Crippen LogP contribution in [0.15, 0.2) is 54.6 Å². The maximum atomic E-state index is 13.2. The second kappa shape index (κ2) is 6.09. The first-order valence-corrected chi connectivity index (χ1v) is 9.03. The van der Waals surface area contributed by atoms with Crippen LogP contribution >= 0.6 is 0 Å². The van der Waals surface area contributed by atoms with E-state index in [9.17, 15) is 14.7 Å². The lowest BCUT2D eigenvalue weighted by Crippen LogP contribution is -2.45. The van der Waals surface area contributed by atoms with Crippen LogP contribution in [0.5, 0.6) is 0 Å². The van der Waals surface area contributed by atoms with Crippen LogP contribution in [0.25, 0.3) is 0 Å². The number of rotatable bonds is 6. The Balaban J connectivity index is 1.65. The number of carboxylic acids is 1. The molecule has 0 unspecified atom stereocenters. The molecule has 0 saturated carbocycles. The lowest BCUT2D eigenvalue weighted by molar-refractivity contribution is -0.148. The number of amides is 1. The minimum Gasteiger partial charge on any atom is -0.481 e. The summed E-state index contributed by atoms with van der Waals surface area (Å²) in [6.07, 6.45) is 4.57. The average molecular weight is 353 g/mol. The predicted molar refractivity (Wildman–Crippen MR) is 96.4 cm³/mol. The third-order valence-corrected chi connectivity index (χ3v) is 5.84. The van der Waals surface area contributed by atoms with E-state index < -0.39 is 29.5 Å². The molecular formula is C21H23NO4. The fraction of sp³-hybridized carbons (Fsp3) is 0.429. The molecule has 1 N–H and O–H groups in total. The molecular weight excluding hydrogens is 330 g/mol. The minimum atomic E-state index is -0.960. The number of hydrogen-bond donors (Lipinski definition) is 1. The van der Waals surface area contributed by atoms with Gasteiger partial charge in [0.1, 0.15) is 11.5 Å². The zero-order valence-electron chi connectivity index (χ0n) is 14.8. The largest absolute Gasteiger partial charge is 0.481 e. The number of benzene rings is 1. The van der Waals surface area contributed by atoms with E-state index in [0.717, 1.165) is 17.6 Å². The molecule has 26 heavy (non-hydrogen) atoms. The Morgan fingerprint density at radius 3 is 2.73 bits per heavy atom. The van der Waals surface area contributed by atoms with Gasteiger partial charge in [-0.3, -0.25) is 9.59 Å². The molecule has 1 aromatic carbocycles. The monoisotopic (exact) mass is 353 g/mol. The van der Waals surface area contributed by atoms with Gasteiger partial charge in [0.15, 0.2) is 0 Å². The highest BCUT2D eigenvalue weighted by Crippen LogP contribution is 2.55. The Bertz CT molecular complexity index is 786. The molecule has 2 saturated heterocycles. The van der Waals surface area contributed by atoms with Gasteiger partial charge in [-0.2, -0.15) is 0 Å². The van der Waals surface area contributed by atoms with Crippen LogP contribution in [0.3, 0.4) is 0 Å². The quantitative estimate of drug-likeness (QED) is 0.798. The molecule has 5 nitrogen and oxygen atoms in total. The van der Waals surface area contributed by atoms with Gasteiger partial charge in [0.05, 0.1) is 18.1 Å². The van der Waals surface area contributed by atoms with Gasteiger partial charge in [-0.1, -0.05) is 48.1 Å². The molecule has 0 aromatic heterocycles. The molecule has 1 amide bonds. The van der Waals surface area contributed by atoms with Gasteiger partial charge in [-0.05, 0) is 25.3 Å². The molecule has 2 bridgehead atoms. The van der Waals surface area contributed by atoms with Crippen molar-refractivity contribution < 1.29 is 19.4 Å². The number of carbonyl (C=O) groups excluding carboxylic acids is 1. The highest BCUT2D eigenvalue weighted by atomic mass is 16.5. The summed E-state index contributed by atoms with van der Waals surface area (Å²) in [4.78, 5) is 26.8. The molecule has 0 aliphatic carbocycles. The number of fused-ring (bicyclic) bond motifs is 1. The molecule has 1 aromatic rings. The van der Waals surface area contributed by atoms with Crippen molar-refractivity contribution in [1.29, 1.82) is 0 Å². The molecule has 3 aliphatic rings. The van der Waals surface area contributed by atoms with Crippen molar-refractivity contribution in [3.05, 3.63) is 60.2 Å². The van der Waals surface area contributed by atoms with E-state index in [2.05, 4.69) is 6.58 Å². The van der Waals surface area contributed by atoms with Crippen LogP contribution in [-0.4, -0.2) is 46.2 Å². The molecule has 1 spiro atoms. The van der Waals surface area contributed by atoms with Gasteiger partial charge in [0.2, 0.25) is 5.91 Å². The van der Waals surface area contributed by atoms with Crippen molar-refractivity contribution in [2.75, 3.05) is 6.54 Å². The molecule has 2 fully saturated rings. The maximum Gasteiger partial charge on any atom is 0.310 e. The Kier molecular flexibility index (Phi) is 3.99. The van der Waals surface area contributed by atoms with E-state index >= 15 is 0 Å². The third kappa shape index (κ3) is 2.42. The molecule has 136 valence electrons. The molecule has 5 atom stereocenters. The van der Waals surface area contributed by atoms with Crippen molar-refractivity contribution in [2.24, 2.45) is 11.8 Å². The Labute approximate surface area is 152 Å². The van der Waals surface area contributed by atoms with Crippen molar-refractivity contribution in [1.82, 2.24) is 4.90 Å². The highest BCUT2D eigenvalue weighted by molar-refractivity contribution is 5.91. The summed E-state index contributed by atoms with van der Waals surface area (Å²) in [6, 6.07) is 9.80. The van der Waals surface area contributed by atoms with E-state index in [1.165, 1.54) is 0 Å². The van der Waals surface area contributed by atoms with E-state index in [4.69, 9.17) is 4.74 Å². The van der Waals surface area contributed by atoms with Crippen LogP contribution < -0.4 is 0 Å². The molecule has 3 heterocycles. The normalized spacial score (nSPS) is 34.3. The summed E-state index contributed by atoms with van der Waals surface area (Å²) >= 11 is 0. The number of nitrogens with zero attached hydrogens (tertiary/aromatic N) is 1. The lowest BCUT2D eigenvalue weighted by Gasteiger charge is -2.33. The van der Waals surface area contributed by atoms with Gasteiger partial charge in [0.25, 0.3) is 0 Å². The predicted octanol–water partition coefficient (Wildman–Crippen LogP) is 2.43. The zero-order valence-corrected chi connectivity index (χ0v) is 14.8. The SMILES string of the molecule is C=C(C)C[C@@H]1N(CCc2ccccc2)C(=O)[C@H]2[C@@H](C(=O)O)[C@H]3C=C[C@]12O3. The number of aliphatic carboxylic acids is 1. The Hall–Kier alpha value is -2.40. The molecule has 3 aliphatic heterocycles. The van der Waals surface area contributed by atoms with E-state index in [1.807, 2.05) is 54.3 Å². The first-order valence-electron chi connectivity index (χ1n) is 9.03. The smallest absolute Gasteiger partial charge is 0.310 e. The fourth-order valence-corrected chi connectivity index (χ4v) is 4.76. The van der Waals surface area contributed by atoms with Crippen molar-refractivity contribution in [3.8, 4) is 0 Å². The molecule has 0 radical (unpaired) electrons. The number of carboxylic acid groups (broad SMARTS) is 1. The van der Waals surface area contributed by atoms with E-state index in [0.29, 0.717) is 13.0 Å². The highest BCUT2D eigenvalue weighted by Gasteiger charge is 2.70. The first kappa shape index (κ1) is 17.0.